The van der Waals surface area contributed by atoms with Gasteiger partial charge in [0.2, 0.25) is 0 Å². The van der Waals surface area contributed by atoms with Gasteiger partial charge in [-0.05, 0) is 30.3 Å². The Morgan fingerprint density at radius 3 is 2.83 bits per heavy atom. The number of nitrogens with one attached hydrogen (secondary N) is 1. The number of halogens is 1. The Balaban J connectivity index is 1.92. The first-order valence-electron chi connectivity index (χ1n) is 6.78. The molecular formula is C15H12FN3O3S. The summed E-state index contributed by atoms with van der Waals surface area (Å²) >= 11 is 0. The Morgan fingerprint density at radius 1 is 1.26 bits per heavy atom. The highest BCUT2D eigenvalue weighted by Gasteiger charge is 2.28. The molecule has 8 heteroatoms. The van der Waals surface area contributed by atoms with Crippen molar-refractivity contribution in [2.45, 2.75) is 11.3 Å². The Labute approximate surface area is 132 Å². The summed E-state index contributed by atoms with van der Waals surface area (Å²) in [6.45, 7) is 0. The zero-order chi connectivity index (χ0) is 16.4. The predicted octanol–water partition coefficient (Wildman–Crippen LogP) is 1.53. The molecule has 6 nitrogen and oxygen atoms in total. The van der Waals surface area contributed by atoms with Gasteiger partial charge >= 0.3 is 0 Å². The summed E-state index contributed by atoms with van der Waals surface area (Å²) in [6, 6.07) is 8.27. The van der Waals surface area contributed by atoms with E-state index in [9.17, 15) is 17.6 Å². The van der Waals surface area contributed by atoms with Crippen LogP contribution in [0.3, 0.4) is 0 Å². The van der Waals surface area contributed by atoms with Gasteiger partial charge in [0.1, 0.15) is 11.5 Å². The minimum Gasteiger partial charge on any atom is -0.266 e. The molecule has 1 aromatic carbocycles. The van der Waals surface area contributed by atoms with Crippen LogP contribution in [0.2, 0.25) is 0 Å². The Bertz CT molecular complexity index is 895. The van der Waals surface area contributed by atoms with E-state index in [0.717, 1.165) is 12.1 Å². The largest absolute Gasteiger partial charge is 0.289 e. The molecule has 0 aliphatic carbocycles. The number of pyridine rings is 1. The molecule has 2 aromatic rings. The molecule has 23 heavy (non-hydrogen) atoms. The Hall–Kier alpha value is -2.61. The maximum Gasteiger partial charge on any atom is 0.289 e. The van der Waals surface area contributed by atoms with E-state index in [1.807, 2.05) is 0 Å². The topological polar surface area (TPSA) is 88.5 Å². The molecule has 0 atom stereocenters. The number of rotatable bonds is 2. The smallest absolute Gasteiger partial charge is 0.266 e. The second kappa shape index (κ2) is 5.88. The van der Waals surface area contributed by atoms with Gasteiger partial charge in [-0.2, -0.15) is 5.10 Å². The van der Waals surface area contributed by atoms with Gasteiger partial charge in [-0.25, -0.2) is 18.2 Å². The van der Waals surface area contributed by atoms with Crippen molar-refractivity contribution in [2.24, 2.45) is 5.10 Å². The third-order valence-electron chi connectivity index (χ3n) is 3.39. The van der Waals surface area contributed by atoms with Crippen LogP contribution in [0, 0.1) is 5.82 Å². The van der Waals surface area contributed by atoms with Crippen molar-refractivity contribution in [2.75, 3.05) is 5.75 Å². The second-order valence-corrected chi connectivity index (χ2v) is 7.00. The van der Waals surface area contributed by atoms with Crippen molar-refractivity contribution in [3.05, 3.63) is 59.7 Å². The fraction of sp³-hybridized carbons (Fsp3) is 0.133. The normalized spacial score (nSPS) is 17.5. The zero-order valence-corrected chi connectivity index (χ0v) is 12.7. The number of carbonyl (C=O) groups is 1. The van der Waals surface area contributed by atoms with Gasteiger partial charge in [0.05, 0.1) is 16.4 Å². The minimum atomic E-state index is -3.46. The molecule has 0 unspecified atom stereocenters. The number of carbonyl (C=O) groups excluding carboxylic acids is 1. The standard InChI is InChI=1S/C15H12FN3O3S/c16-10-4-5-14-11(9-10)12(6-8-23(14,21)22)18-19-15(20)13-3-1-2-7-17-13/h1-5,7,9H,6,8H2,(H,19,20). The van der Waals surface area contributed by atoms with E-state index in [4.69, 9.17) is 0 Å². The van der Waals surface area contributed by atoms with Gasteiger partial charge in [0, 0.05) is 18.2 Å². The van der Waals surface area contributed by atoms with Crippen LogP contribution in [0.1, 0.15) is 22.5 Å². The Kier molecular flexibility index (Phi) is 3.91. The molecule has 0 bridgehead atoms. The number of amides is 1. The monoisotopic (exact) mass is 333 g/mol. The first-order valence-corrected chi connectivity index (χ1v) is 8.43. The second-order valence-electron chi connectivity index (χ2n) is 4.92. The van der Waals surface area contributed by atoms with Crippen molar-refractivity contribution in [3.8, 4) is 0 Å². The van der Waals surface area contributed by atoms with Gasteiger partial charge in [-0.1, -0.05) is 6.07 Å². The average molecular weight is 333 g/mol. The van der Waals surface area contributed by atoms with Crippen molar-refractivity contribution in [1.82, 2.24) is 10.4 Å². The summed E-state index contributed by atoms with van der Waals surface area (Å²) in [4.78, 5) is 15.8. The first-order chi connectivity index (χ1) is 11.0. The summed E-state index contributed by atoms with van der Waals surface area (Å²) in [5.74, 6) is -1.22. The van der Waals surface area contributed by atoms with Crippen molar-refractivity contribution in [1.29, 1.82) is 0 Å². The molecular weight excluding hydrogens is 321 g/mol. The average Bonchev–Trinajstić information content (AvgIpc) is 2.54. The van der Waals surface area contributed by atoms with Crippen LogP contribution in [0.25, 0.3) is 0 Å². The van der Waals surface area contributed by atoms with E-state index in [1.165, 1.54) is 18.3 Å². The lowest BCUT2D eigenvalue weighted by Crippen LogP contribution is -2.26. The number of hydrazone groups is 1. The van der Waals surface area contributed by atoms with Gasteiger partial charge in [0.15, 0.2) is 9.84 Å². The Morgan fingerprint density at radius 2 is 2.09 bits per heavy atom. The van der Waals surface area contributed by atoms with Crippen LogP contribution in [-0.2, 0) is 9.84 Å². The van der Waals surface area contributed by atoms with E-state index < -0.39 is 21.6 Å². The van der Waals surface area contributed by atoms with Gasteiger partial charge in [-0.15, -0.1) is 0 Å². The highest BCUT2D eigenvalue weighted by molar-refractivity contribution is 7.91. The summed E-state index contributed by atoms with van der Waals surface area (Å²) in [5.41, 5.74) is 3.00. The van der Waals surface area contributed by atoms with Crippen LogP contribution >= 0.6 is 0 Å². The lowest BCUT2D eigenvalue weighted by Gasteiger charge is -2.18. The van der Waals surface area contributed by atoms with E-state index in [0.29, 0.717) is 5.71 Å². The summed E-state index contributed by atoms with van der Waals surface area (Å²) in [6.07, 6.45) is 1.57. The molecule has 118 valence electrons. The van der Waals surface area contributed by atoms with Crippen LogP contribution in [0.15, 0.2) is 52.6 Å². The molecule has 0 radical (unpaired) electrons. The highest BCUT2D eigenvalue weighted by atomic mass is 32.2. The minimum absolute atomic E-state index is 0.0241. The fourth-order valence-corrected chi connectivity index (χ4v) is 3.73. The van der Waals surface area contributed by atoms with Gasteiger partial charge in [0.25, 0.3) is 5.91 Å². The molecule has 1 aromatic heterocycles. The predicted molar refractivity (Wildman–Crippen MR) is 81.3 cm³/mol. The number of nitrogens with zero attached hydrogens (tertiary/aromatic N) is 2. The third kappa shape index (κ3) is 3.11. The molecule has 3 rings (SSSR count). The maximum absolute atomic E-state index is 13.4. The van der Waals surface area contributed by atoms with E-state index >= 15 is 0 Å². The zero-order valence-electron chi connectivity index (χ0n) is 11.9. The SMILES string of the molecule is O=C(NN=C1CCS(=O)(=O)c2ccc(F)cc21)c1ccccn1. The van der Waals surface area contributed by atoms with Crippen LogP contribution in [0.5, 0.6) is 0 Å². The molecule has 1 N–H and O–H groups in total. The van der Waals surface area contributed by atoms with E-state index in [1.54, 1.807) is 12.1 Å². The molecule has 0 fully saturated rings. The molecule has 0 saturated heterocycles. The molecule has 0 saturated carbocycles. The van der Waals surface area contributed by atoms with Gasteiger partial charge in [-0.3, -0.25) is 9.78 Å². The molecule has 1 aliphatic rings. The quantitative estimate of drug-likeness (QED) is 0.667. The third-order valence-corrected chi connectivity index (χ3v) is 5.15. The highest BCUT2D eigenvalue weighted by Crippen LogP contribution is 2.26. The summed E-state index contributed by atoms with van der Waals surface area (Å²) < 4.78 is 37.5. The molecule has 1 amide bonds. The number of hydrogen-bond donors (Lipinski definition) is 1. The number of fused-ring (bicyclic) bond motifs is 1. The van der Waals surface area contributed by atoms with Crippen LogP contribution in [0.4, 0.5) is 4.39 Å². The lowest BCUT2D eigenvalue weighted by molar-refractivity contribution is 0.0950. The van der Waals surface area contributed by atoms with Crippen LogP contribution < -0.4 is 5.43 Å². The van der Waals surface area contributed by atoms with Crippen molar-refractivity contribution < 1.29 is 17.6 Å². The lowest BCUT2D eigenvalue weighted by atomic mass is 10.1. The summed E-state index contributed by atoms with van der Waals surface area (Å²) in [7, 11) is -3.46. The van der Waals surface area contributed by atoms with Crippen LogP contribution in [-0.4, -0.2) is 30.8 Å². The number of sulfone groups is 1. The molecule has 2 heterocycles. The van der Waals surface area contributed by atoms with Gasteiger partial charge < -0.3 is 0 Å². The van der Waals surface area contributed by atoms with E-state index in [2.05, 4.69) is 15.5 Å². The maximum atomic E-state index is 13.4. The number of aromatic nitrogens is 1. The van der Waals surface area contributed by atoms with Crippen molar-refractivity contribution in [3.63, 3.8) is 0 Å². The number of hydrogen-bond acceptors (Lipinski definition) is 5. The molecule has 1 aliphatic heterocycles. The van der Waals surface area contributed by atoms with E-state index in [-0.39, 0.29) is 28.3 Å². The number of benzene rings is 1. The van der Waals surface area contributed by atoms with Crippen molar-refractivity contribution >= 4 is 21.5 Å². The first kappa shape index (κ1) is 15.3. The molecule has 0 spiro atoms. The fourth-order valence-electron chi connectivity index (χ4n) is 2.26. The summed E-state index contributed by atoms with van der Waals surface area (Å²) in [5, 5.41) is 3.95.